The number of hydrogen-bond donors (Lipinski definition) is 1. The molecule has 0 aliphatic rings. The van der Waals surface area contributed by atoms with Crippen LogP contribution in [0.1, 0.15) is 44.7 Å². The average molecular weight is 570 g/mol. The Morgan fingerprint density at radius 1 is 0.923 bits per heavy atom. The molecule has 0 bridgehead atoms. The number of anilines is 1. The predicted octanol–water partition coefficient (Wildman–Crippen LogP) is 5.57. The summed E-state index contributed by atoms with van der Waals surface area (Å²) >= 11 is 6.43. The van der Waals surface area contributed by atoms with E-state index in [-0.39, 0.29) is 23.4 Å². The summed E-state index contributed by atoms with van der Waals surface area (Å²) < 4.78 is 28.8. The molecule has 0 aliphatic carbocycles. The van der Waals surface area contributed by atoms with Gasteiger partial charge in [0.25, 0.3) is 10.0 Å². The van der Waals surface area contributed by atoms with Gasteiger partial charge < -0.3 is 10.2 Å². The lowest BCUT2D eigenvalue weighted by atomic mass is 10.1. The van der Waals surface area contributed by atoms with Crippen LogP contribution in [0.5, 0.6) is 0 Å². The Bertz CT molecular complexity index is 1380. The van der Waals surface area contributed by atoms with Crippen molar-refractivity contribution < 1.29 is 18.0 Å². The fourth-order valence-electron chi connectivity index (χ4n) is 4.20. The third-order valence-electron chi connectivity index (χ3n) is 6.59. The number of rotatable bonds is 12. The third-order valence-corrected chi connectivity index (χ3v) is 8.74. The van der Waals surface area contributed by atoms with Gasteiger partial charge in [-0.05, 0) is 68.1 Å². The molecule has 0 heterocycles. The first-order chi connectivity index (χ1) is 18.6. The standard InChI is InChI=1S/C30H36ClN3O4S/c1-5-23(4)32-30(36)28(6-2)33(20-24-14-10-11-18-27(24)31)29(35)21-34(25-15-12-13-22(3)19-25)39(37,38)26-16-8-7-9-17-26/h7-19,23,28H,5-6,20-21H2,1-4H3,(H,32,36)/t23-,28+/m0/s1. The summed E-state index contributed by atoms with van der Waals surface area (Å²) in [5.41, 5.74) is 1.87. The summed E-state index contributed by atoms with van der Waals surface area (Å²) in [6, 6.07) is 21.2. The van der Waals surface area contributed by atoms with E-state index < -0.39 is 28.5 Å². The van der Waals surface area contributed by atoms with Gasteiger partial charge >= 0.3 is 0 Å². The van der Waals surface area contributed by atoms with Crippen molar-refractivity contribution in [3.8, 4) is 0 Å². The van der Waals surface area contributed by atoms with Gasteiger partial charge in [-0.3, -0.25) is 13.9 Å². The van der Waals surface area contributed by atoms with E-state index in [1.54, 1.807) is 54.6 Å². The van der Waals surface area contributed by atoms with Crippen molar-refractivity contribution in [2.45, 2.75) is 64.1 Å². The molecule has 0 radical (unpaired) electrons. The average Bonchev–Trinajstić information content (AvgIpc) is 2.92. The van der Waals surface area contributed by atoms with E-state index in [0.29, 0.717) is 22.7 Å². The van der Waals surface area contributed by atoms with Crippen LogP contribution >= 0.6 is 11.6 Å². The number of carbonyl (C=O) groups is 2. The molecular formula is C30H36ClN3O4S. The minimum absolute atomic E-state index is 0.0536. The van der Waals surface area contributed by atoms with Crippen LogP contribution in [-0.4, -0.2) is 43.8 Å². The number of benzene rings is 3. The maximum Gasteiger partial charge on any atom is 0.264 e. The van der Waals surface area contributed by atoms with Gasteiger partial charge in [0.2, 0.25) is 11.8 Å². The first-order valence-corrected chi connectivity index (χ1v) is 14.9. The lowest BCUT2D eigenvalue weighted by Gasteiger charge is -2.34. The first kappa shape index (κ1) is 30.2. The Kier molecular flexibility index (Phi) is 10.5. The Morgan fingerprint density at radius 3 is 2.21 bits per heavy atom. The molecule has 39 heavy (non-hydrogen) atoms. The van der Waals surface area contributed by atoms with Crippen LogP contribution in [-0.2, 0) is 26.2 Å². The molecule has 7 nitrogen and oxygen atoms in total. The van der Waals surface area contributed by atoms with E-state index in [9.17, 15) is 18.0 Å². The topological polar surface area (TPSA) is 86.8 Å². The smallest absolute Gasteiger partial charge is 0.264 e. The molecule has 0 aliphatic heterocycles. The van der Waals surface area contributed by atoms with Gasteiger partial charge in [0.15, 0.2) is 0 Å². The van der Waals surface area contributed by atoms with Crippen LogP contribution in [0, 0.1) is 6.92 Å². The zero-order valence-electron chi connectivity index (χ0n) is 22.8. The lowest BCUT2D eigenvalue weighted by Crippen LogP contribution is -2.53. The zero-order valence-corrected chi connectivity index (χ0v) is 24.4. The molecule has 3 aromatic carbocycles. The van der Waals surface area contributed by atoms with E-state index in [2.05, 4.69) is 5.32 Å². The number of hydrogen-bond acceptors (Lipinski definition) is 4. The van der Waals surface area contributed by atoms with Gasteiger partial charge in [-0.25, -0.2) is 8.42 Å². The van der Waals surface area contributed by atoms with Crippen molar-refractivity contribution in [3.05, 3.63) is 95.0 Å². The molecular weight excluding hydrogens is 534 g/mol. The van der Waals surface area contributed by atoms with Crippen LogP contribution in [0.25, 0.3) is 0 Å². The van der Waals surface area contributed by atoms with E-state index >= 15 is 0 Å². The molecule has 0 spiro atoms. The highest BCUT2D eigenvalue weighted by atomic mass is 35.5. The molecule has 0 saturated heterocycles. The quantitative estimate of drug-likeness (QED) is 0.309. The zero-order chi connectivity index (χ0) is 28.6. The molecule has 2 atom stereocenters. The molecule has 0 unspecified atom stereocenters. The molecule has 3 aromatic rings. The highest BCUT2D eigenvalue weighted by Gasteiger charge is 2.34. The van der Waals surface area contributed by atoms with Crippen molar-refractivity contribution in [3.63, 3.8) is 0 Å². The summed E-state index contributed by atoms with van der Waals surface area (Å²) in [6.45, 7) is 7.11. The van der Waals surface area contributed by atoms with Gasteiger partial charge in [-0.1, -0.05) is 74.0 Å². The second-order valence-corrected chi connectivity index (χ2v) is 11.8. The van der Waals surface area contributed by atoms with Crippen molar-refractivity contribution in [2.24, 2.45) is 0 Å². The number of amides is 2. The Balaban J connectivity index is 2.06. The maximum absolute atomic E-state index is 14.1. The lowest BCUT2D eigenvalue weighted by molar-refractivity contribution is -0.140. The van der Waals surface area contributed by atoms with Crippen molar-refractivity contribution >= 4 is 39.1 Å². The maximum atomic E-state index is 14.1. The predicted molar refractivity (Wildman–Crippen MR) is 156 cm³/mol. The third kappa shape index (κ3) is 7.61. The monoisotopic (exact) mass is 569 g/mol. The van der Waals surface area contributed by atoms with Crippen molar-refractivity contribution in [1.29, 1.82) is 0 Å². The highest BCUT2D eigenvalue weighted by Crippen LogP contribution is 2.26. The summed E-state index contributed by atoms with van der Waals surface area (Å²) in [5, 5.41) is 3.43. The first-order valence-electron chi connectivity index (χ1n) is 13.1. The number of nitrogens with zero attached hydrogens (tertiary/aromatic N) is 2. The number of nitrogens with one attached hydrogen (secondary N) is 1. The summed E-state index contributed by atoms with van der Waals surface area (Å²) in [6.07, 6.45) is 1.07. The minimum Gasteiger partial charge on any atom is -0.352 e. The number of aryl methyl sites for hydroxylation is 1. The van der Waals surface area contributed by atoms with E-state index in [0.717, 1.165) is 16.3 Å². The molecule has 1 N–H and O–H groups in total. The molecule has 0 aromatic heterocycles. The number of carbonyl (C=O) groups excluding carboxylic acids is 2. The van der Waals surface area contributed by atoms with Gasteiger partial charge in [0.1, 0.15) is 12.6 Å². The van der Waals surface area contributed by atoms with Crippen LogP contribution in [0.4, 0.5) is 5.69 Å². The second-order valence-electron chi connectivity index (χ2n) is 9.52. The Labute approximate surface area is 236 Å². The number of sulfonamides is 1. The van der Waals surface area contributed by atoms with Crippen LogP contribution in [0.15, 0.2) is 83.8 Å². The molecule has 0 saturated carbocycles. The minimum atomic E-state index is -4.10. The van der Waals surface area contributed by atoms with E-state index in [1.165, 1.54) is 17.0 Å². The van der Waals surface area contributed by atoms with Gasteiger partial charge in [0, 0.05) is 17.6 Å². The fraction of sp³-hybridized carbons (Fsp3) is 0.333. The van der Waals surface area contributed by atoms with Crippen LogP contribution in [0.3, 0.4) is 0 Å². The summed E-state index contributed by atoms with van der Waals surface area (Å²) in [5.74, 6) is -0.803. The largest absolute Gasteiger partial charge is 0.352 e. The molecule has 9 heteroatoms. The van der Waals surface area contributed by atoms with Crippen molar-refractivity contribution in [1.82, 2.24) is 10.2 Å². The van der Waals surface area contributed by atoms with Gasteiger partial charge in [-0.15, -0.1) is 0 Å². The molecule has 0 fully saturated rings. The second kappa shape index (κ2) is 13.6. The molecule has 3 rings (SSSR count). The summed E-state index contributed by atoms with van der Waals surface area (Å²) in [7, 11) is -4.10. The van der Waals surface area contributed by atoms with E-state index in [4.69, 9.17) is 11.6 Å². The fourth-order valence-corrected chi connectivity index (χ4v) is 5.82. The summed E-state index contributed by atoms with van der Waals surface area (Å²) in [4.78, 5) is 28.9. The normalized spacial score (nSPS) is 12.8. The highest BCUT2D eigenvalue weighted by molar-refractivity contribution is 7.92. The Hall–Kier alpha value is -3.36. The molecule has 2 amide bonds. The van der Waals surface area contributed by atoms with Gasteiger partial charge in [0.05, 0.1) is 10.6 Å². The number of halogens is 1. The van der Waals surface area contributed by atoms with Crippen molar-refractivity contribution in [2.75, 3.05) is 10.8 Å². The van der Waals surface area contributed by atoms with Crippen LogP contribution < -0.4 is 9.62 Å². The SMILES string of the molecule is CC[C@H](C(=O)N[C@@H](C)CC)N(Cc1ccccc1Cl)C(=O)CN(c1cccc(C)c1)S(=O)(=O)c1ccccc1. The van der Waals surface area contributed by atoms with Crippen LogP contribution in [0.2, 0.25) is 5.02 Å². The Morgan fingerprint density at radius 2 is 1.59 bits per heavy atom. The van der Waals surface area contributed by atoms with Gasteiger partial charge in [-0.2, -0.15) is 0 Å². The molecule has 208 valence electrons. The van der Waals surface area contributed by atoms with E-state index in [1.807, 2.05) is 39.8 Å².